The Bertz CT molecular complexity index is 1510. The molecule has 0 unspecified atom stereocenters. The molecule has 11 heteroatoms. The van der Waals surface area contributed by atoms with E-state index < -0.39 is 24.2 Å². The van der Waals surface area contributed by atoms with Gasteiger partial charge in [0.05, 0.1) is 35.6 Å². The molecule has 3 aromatic rings. The lowest BCUT2D eigenvalue weighted by atomic mass is 9.96. The van der Waals surface area contributed by atoms with Crippen molar-refractivity contribution in [2.45, 2.75) is 26.5 Å². The minimum Gasteiger partial charge on any atom is -0.508 e. The van der Waals surface area contributed by atoms with Crippen LogP contribution in [0.5, 0.6) is 17.2 Å². The monoisotopic (exact) mass is 516 g/mol. The lowest BCUT2D eigenvalue weighted by Gasteiger charge is -2.24. The van der Waals surface area contributed by atoms with Gasteiger partial charge in [-0.25, -0.2) is 9.79 Å². The molecule has 2 heterocycles. The fraction of sp³-hybridized carbons (Fsp3) is 0.240. The summed E-state index contributed by atoms with van der Waals surface area (Å²) in [4.78, 5) is 31.3. The molecule has 0 fully saturated rings. The minimum atomic E-state index is -3.01. The van der Waals surface area contributed by atoms with Crippen LogP contribution in [-0.2, 0) is 9.53 Å². The van der Waals surface area contributed by atoms with Crippen molar-refractivity contribution in [2.24, 2.45) is 4.99 Å². The number of allylic oxidation sites excluding steroid dienone is 1. The summed E-state index contributed by atoms with van der Waals surface area (Å²) in [5.41, 5.74) is 1.33. The van der Waals surface area contributed by atoms with Gasteiger partial charge in [0.15, 0.2) is 16.3 Å². The maximum Gasteiger partial charge on any atom is 0.387 e. The van der Waals surface area contributed by atoms with Crippen LogP contribution in [0.3, 0.4) is 0 Å². The van der Waals surface area contributed by atoms with E-state index in [0.29, 0.717) is 26.2 Å². The molecule has 8 nitrogen and oxygen atoms in total. The average Bonchev–Trinajstić information content (AvgIpc) is 3.13. The molecule has 0 saturated carbocycles. The molecule has 4 rings (SSSR count). The van der Waals surface area contributed by atoms with Gasteiger partial charge < -0.3 is 19.3 Å². The number of fused-ring (bicyclic) bond motifs is 1. The van der Waals surface area contributed by atoms with E-state index in [2.05, 4.69) is 9.73 Å². The van der Waals surface area contributed by atoms with Gasteiger partial charge in [-0.2, -0.15) is 8.78 Å². The first-order valence-corrected chi connectivity index (χ1v) is 11.7. The number of rotatable bonds is 7. The Balaban J connectivity index is 1.88. The fourth-order valence-electron chi connectivity index (χ4n) is 3.88. The van der Waals surface area contributed by atoms with Crippen LogP contribution in [-0.4, -0.2) is 36.0 Å². The number of benzene rings is 2. The molecule has 1 aliphatic rings. The van der Waals surface area contributed by atoms with Crippen molar-refractivity contribution in [2.75, 3.05) is 13.7 Å². The molecule has 36 heavy (non-hydrogen) atoms. The number of alkyl halides is 2. The molecule has 0 spiro atoms. The molecule has 1 aromatic heterocycles. The molecule has 0 bridgehead atoms. The lowest BCUT2D eigenvalue weighted by Crippen LogP contribution is -2.39. The molecule has 1 atom stereocenters. The van der Waals surface area contributed by atoms with E-state index in [0.717, 1.165) is 11.3 Å². The van der Waals surface area contributed by atoms with Gasteiger partial charge in [0.2, 0.25) is 0 Å². The first kappa shape index (κ1) is 25.1. The number of aromatic nitrogens is 1. The zero-order valence-electron chi connectivity index (χ0n) is 19.5. The van der Waals surface area contributed by atoms with Crippen molar-refractivity contribution in [1.29, 1.82) is 0 Å². The topological polar surface area (TPSA) is 99.4 Å². The summed E-state index contributed by atoms with van der Waals surface area (Å²) in [6, 6.07) is 9.70. The molecule has 1 aliphatic heterocycles. The second-order valence-electron chi connectivity index (χ2n) is 7.68. The average molecular weight is 517 g/mol. The van der Waals surface area contributed by atoms with Crippen molar-refractivity contribution < 1.29 is 32.9 Å². The van der Waals surface area contributed by atoms with Gasteiger partial charge in [-0.05, 0) is 55.3 Å². The number of aromatic hydroxyl groups is 1. The Kier molecular flexibility index (Phi) is 7.20. The number of halogens is 2. The third-order valence-electron chi connectivity index (χ3n) is 5.43. The summed E-state index contributed by atoms with van der Waals surface area (Å²) in [6.45, 7) is 0.494. The van der Waals surface area contributed by atoms with E-state index in [9.17, 15) is 23.5 Å². The summed E-state index contributed by atoms with van der Waals surface area (Å²) in [6.07, 6.45) is 1.58. The maximum absolute atomic E-state index is 13.6. The zero-order valence-corrected chi connectivity index (χ0v) is 20.3. The van der Waals surface area contributed by atoms with Gasteiger partial charge in [0, 0.05) is 0 Å². The highest BCUT2D eigenvalue weighted by molar-refractivity contribution is 7.07. The Hall–Kier alpha value is -3.99. The SMILES string of the molecule is CCOC(=O)C1=C(C)N=c2s/c(=C/c3ccc(OC(F)F)c(OC)c3)c(=O)n2[C@@H]1c1ccc(O)cc1. The first-order chi connectivity index (χ1) is 17.2. The van der Waals surface area contributed by atoms with Gasteiger partial charge in [0.1, 0.15) is 5.75 Å². The van der Waals surface area contributed by atoms with Gasteiger partial charge >= 0.3 is 12.6 Å². The highest BCUT2D eigenvalue weighted by Gasteiger charge is 2.33. The summed E-state index contributed by atoms with van der Waals surface area (Å²) >= 11 is 1.12. The summed E-state index contributed by atoms with van der Waals surface area (Å²) in [7, 11) is 1.32. The second-order valence-corrected chi connectivity index (χ2v) is 8.69. The van der Waals surface area contributed by atoms with E-state index in [1.54, 1.807) is 32.1 Å². The Morgan fingerprint density at radius 2 is 1.94 bits per heavy atom. The van der Waals surface area contributed by atoms with Gasteiger partial charge in [-0.15, -0.1) is 0 Å². The number of esters is 1. The second kappa shape index (κ2) is 10.3. The van der Waals surface area contributed by atoms with Crippen LogP contribution in [0.1, 0.15) is 31.0 Å². The Morgan fingerprint density at radius 1 is 1.22 bits per heavy atom. The van der Waals surface area contributed by atoms with E-state index in [1.165, 1.54) is 42.0 Å². The van der Waals surface area contributed by atoms with Gasteiger partial charge in [-0.1, -0.05) is 29.5 Å². The largest absolute Gasteiger partial charge is 0.508 e. The third-order valence-corrected chi connectivity index (χ3v) is 6.41. The zero-order chi connectivity index (χ0) is 26.0. The molecule has 1 N–H and O–H groups in total. The number of thiazole rings is 1. The molecule has 0 radical (unpaired) electrons. The lowest BCUT2D eigenvalue weighted by molar-refractivity contribution is -0.139. The van der Waals surface area contributed by atoms with Crippen molar-refractivity contribution >= 4 is 23.4 Å². The molecule has 2 aromatic carbocycles. The number of hydrogen-bond donors (Lipinski definition) is 1. The number of carbonyl (C=O) groups excluding carboxylic acids is 1. The smallest absolute Gasteiger partial charge is 0.387 e. The third kappa shape index (κ3) is 4.87. The van der Waals surface area contributed by atoms with E-state index >= 15 is 0 Å². The van der Waals surface area contributed by atoms with Crippen LogP contribution in [0.15, 0.2) is 63.5 Å². The molecule has 0 aliphatic carbocycles. The molecular formula is C25H22F2N2O6S. The standard InChI is InChI=1S/C25H22F2N2O6S/c1-4-34-23(32)20-13(2)28-25-29(21(20)15-6-8-16(30)9-7-15)22(31)19(36-25)12-14-5-10-17(35-24(26)27)18(11-14)33-3/h5-12,21,24,30H,4H2,1-3H3/b19-12+/t21-/m1/s1. The highest BCUT2D eigenvalue weighted by atomic mass is 32.1. The predicted octanol–water partition coefficient (Wildman–Crippen LogP) is 3.11. The normalized spacial score (nSPS) is 15.5. The van der Waals surface area contributed by atoms with Crippen LogP contribution >= 0.6 is 11.3 Å². The number of phenolic OH excluding ortho intramolecular Hbond substituents is 1. The molecular weight excluding hydrogens is 494 g/mol. The van der Waals surface area contributed by atoms with Gasteiger partial charge in [0.25, 0.3) is 5.56 Å². The number of methoxy groups -OCH3 is 1. The number of phenols is 1. The first-order valence-electron chi connectivity index (χ1n) is 10.8. The predicted molar refractivity (Wildman–Crippen MR) is 128 cm³/mol. The van der Waals surface area contributed by atoms with E-state index in [-0.39, 0.29) is 29.4 Å². The van der Waals surface area contributed by atoms with E-state index in [4.69, 9.17) is 9.47 Å². The quantitative estimate of drug-likeness (QED) is 0.485. The van der Waals surface area contributed by atoms with Crippen molar-refractivity contribution in [3.05, 3.63) is 84.5 Å². The fourth-order valence-corrected chi connectivity index (χ4v) is 4.93. The molecule has 0 saturated heterocycles. The number of ether oxygens (including phenoxy) is 3. The van der Waals surface area contributed by atoms with E-state index in [1.807, 2.05) is 0 Å². The Labute approximate surface area is 208 Å². The minimum absolute atomic E-state index is 0.0396. The highest BCUT2D eigenvalue weighted by Crippen LogP contribution is 2.32. The molecule has 0 amide bonds. The van der Waals surface area contributed by atoms with Crippen molar-refractivity contribution in [3.8, 4) is 17.2 Å². The van der Waals surface area contributed by atoms with Gasteiger partial charge in [-0.3, -0.25) is 9.36 Å². The van der Waals surface area contributed by atoms with Crippen molar-refractivity contribution in [1.82, 2.24) is 4.57 Å². The van der Waals surface area contributed by atoms with Crippen LogP contribution in [0.2, 0.25) is 0 Å². The van der Waals surface area contributed by atoms with Crippen molar-refractivity contribution in [3.63, 3.8) is 0 Å². The van der Waals surface area contributed by atoms with Crippen LogP contribution < -0.4 is 24.4 Å². The van der Waals surface area contributed by atoms with Crippen LogP contribution in [0, 0.1) is 0 Å². The van der Waals surface area contributed by atoms with Crippen LogP contribution in [0.4, 0.5) is 8.78 Å². The Morgan fingerprint density at radius 3 is 2.58 bits per heavy atom. The number of nitrogens with zero attached hydrogens (tertiary/aromatic N) is 2. The maximum atomic E-state index is 13.6. The summed E-state index contributed by atoms with van der Waals surface area (Å²) < 4.78 is 41.8. The number of hydrogen-bond acceptors (Lipinski definition) is 8. The summed E-state index contributed by atoms with van der Waals surface area (Å²) in [5.74, 6) is -0.601. The number of carbonyl (C=O) groups is 1. The molecule has 188 valence electrons. The summed E-state index contributed by atoms with van der Waals surface area (Å²) in [5, 5.41) is 9.74. The van der Waals surface area contributed by atoms with Crippen LogP contribution in [0.25, 0.3) is 6.08 Å².